The van der Waals surface area contributed by atoms with Crippen molar-refractivity contribution in [2.24, 2.45) is 11.8 Å². The van der Waals surface area contributed by atoms with Crippen molar-refractivity contribution in [1.29, 1.82) is 0 Å². The van der Waals surface area contributed by atoms with Gasteiger partial charge in [-0.15, -0.1) is 0 Å². The van der Waals surface area contributed by atoms with Crippen LogP contribution in [0.1, 0.15) is 79.3 Å². The smallest absolute Gasteiger partial charge is 0.254 e. The Morgan fingerprint density at radius 3 is 2.19 bits per heavy atom. The molecule has 0 radical (unpaired) electrons. The van der Waals surface area contributed by atoms with E-state index in [1.807, 2.05) is 27.7 Å². The highest BCUT2D eigenvalue weighted by atomic mass is 16.5. The van der Waals surface area contributed by atoms with Gasteiger partial charge in [-0.05, 0) is 60.9 Å². The molecule has 2 aromatic rings. The van der Waals surface area contributed by atoms with Crippen molar-refractivity contribution in [1.82, 2.24) is 26.2 Å². The molecule has 1 aliphatic heterocycles. The minimum Gasteiger partial charge on any atom is -0.497 e. The first-order chi connectivity index (χ1) is 22.8. The molecule has 2 aromatic carbocycles. The predicted molar refractivity (Wildman–Crippen MR) is 179 cm³/mol. The van der Waals surface area contributed by atoms with Gasteiger partial charge >= 0.3 is 0 Å². The number of ketones is 1. The van der Waals surface area contributed by atoms with E-state index in [1.54, 1.807) is 56.5 Å². The molecule has 4 rings (SSSR count). The number of hydrogen-bond acceptors (Lipinski definition) is 7. The van der Waals surface area contributed by atoms with Crippen molar-refractivity contribution < 1.29 is 33.5 Å². The van der Waals surface area contributed by atoms with Gasteiger partial charge in [0.15, 0.2) is 5.78 Å². The number of Topliss-reactive ketones (excluding diaryl/α,β-unsaturated/α-hetero) is 1. The van der Waals surface area contributed by atoms with E-state index in [9.17, 15) is 28.8 Å². The maximum Gasteiger partial charge on any atom is 0.254 e. The van der Waals surface area contributed by atoms with Gasteiger partial charge in [0.1, 0.15) is 23.9 Å². The lowest BCUT2D eigenvalue weighted by molar-refractivity contribution is -0.133. The van der Waals surface area contributed by atoms with Crippen LogP contribution in [-0.4, -0.2) is 84.6 Å². The molecule has 258 valence electrons. The second-order valence-corrected chi connectivity index (χ2v) is 13.4. The highest BCUT2D eigenvalue weighted by Gasteiger charge is 2.34. The zero-order valence-corrected chi connectivity index (χ0v) is 28.6. The van der Waals surface area contributed by atoms with Crippen molar-refractivity contribution in [2.75, 3.05) is 20.2 Å². The van der Waals surface area contributed by atoms with Crippen LogP contribution in [0.15, 0.2) is 42.5 Å². The number of carbonyl (C=O) groups excluding carboxylic acids is 6. The van der Waals surface area contributed by atoms with Gasteiger partial charge in [-0.3, -0.25) is 28.8 Å². The molecule has 0 unspecified atom stereocenters. The molecule has 12 heteroatoms. The number of rotatable bonds is 7. The van der Waals surface area contributed by atoms with Gasteiger partial charge in [0.2, 0.25) is 23.6 Å². The SMILES string of the molecule is COc1ccc(C[C@@H]2NC(=O)[C@H](CC(C)C)NC(=O)CN(C(=O)c3cccc4c3CCC4=O)C[C@H](C(C)C)NC(=O)[C@@H](C)NC2=O)cc1. The second-order valence-electron chi connectivity index (χ2n) is 13.4. The molecule has 1 aliphatic carbocycles. The number of ether oxygens (including phenoxy) is 1. The van der Waals surface area contributed by atoms with Crippen LogP contribution in [0, 0.1) is 11.8 Å². The van der Waals surface area contributed by atoms with Crippen LogP contribution in [0.4, 0.5) is 0 Å². The molecular weight excluding hydrogens is 614 g/mol. The van der Waals surface area contributed by atoms with E-state index < -0.39 is 53.7 Å². The lowest BCUT2D eigenvalue weighted by atomic mass is 9.99. The molecule has 2 aliphatic rings. The van der Waals surface area contributed by atoms with Crippen molar-refractivity contribution in [3.63, 3.8) is 0 Å². The second kappa shape index (κ2) is 15.9. The fourth-order valence-corrected chi connectivity index (χ4v) is 6.02. The van der Waals surface area contributed by atoms with Crippen LogP contribution in [-0.2, 0) is 32.0 Å². The van der Waals surface area contributed by atoms with E-state index in [4.69, 9.17) is 4.74 Å². The topological polar surface area (TPSA) is 163 Å². The first-order valence-corrected chi connectivity index (χ1v) is 16.5. The summed E-state index contributed by atoms with van der Waals surface area (Å²) < 4.78 is 5.23. The zero-order valence-electron chi connectivity index (χ0n) is 28.6. The molecular formula is C36H47N5O7. The number of carbonyl (C=O) groups is 6. The summed E-state index contributed by atoms with van der Waals surface area (Å²) in [6, 6.07) is 8.46. The summed E-state index contributed by atoms with van der Waals surface area (Å²) in [7, 11) is 1.55. The molecule has 1 heterocycles. The minimum absolute atomic E-state index is 0.00587. The Morgan fingerprint density at radius 1 is 0.854 bits per heavy atom. The van der Waals surface area contributed by atoms with Crippen molar-refractivity contribution in [3.8, 4) is 5.75 Å². The summed E-state index contributed by atoms with van der Waals surface area (Å²) in [6.07, 6.45) is 1.13. The van der Waals surface area contributed by atoms with Crippen LogP contribution in [0.3, 0.4) is 0 Å². The predicted octanol–water partition coefficient (Wildman–Crippen LogP) is 2.18. The van der Waals surface area contributed by atoms with E-state index in [1.165, 1.54) is 4.90 Å². The normalized spacial score (nSPS) is 22.7. The summed E-state index contributed by atoms with van der Waals surface area (Å²) in [5.74, 6) is -2.17. The molecule has 12 nitrogen and oxygen atoms in total. The number of hydrogen-bond donors (Lipinski definition) is 4. The zero-order chi connectivity index (χ0) is 35.1. The first-order valence-electron chi connectivity index (χ1n) is 16.5. The van der Waals surface area contributed by atoms with Gasteiger partial charge in [-0.1, -0.05) is 52.0 Å². The van der Waals surface area contributed by atoms with Crippen LogP contribution < -0.4 is 26.0 Å². The van der Waals surface area contributed by atoms with Gasteiger partial charge in [-0.25, -0.2) is 0 Å². The summed E-state index contributed by atoms with van der Waals surface area (Å²) in [6.45, 7) is 8.74. The van der Waals surface area contributed by atoms with E-state index in [2.05, 4.69) is 21.3 Å². The Bertz CT molecular complexity index is 1540. The van der Waals surface area contributed by atoms with Crippen LogP contribution in [0.5, 0.6) is 5.75 Å². The maximum atomic E-state index is 14.1. The van der Waals surface area contributed by atoms with E-state index in [0.717, 1.165) is 5.56 Å². The molecule has 4 atom stereocenters. The Balaban J connectivity index is 1.69. The lowest BCUT2D eigenvalue weighted by Crippen LogP contribution is -2.57. The van der Waals surface area contributed by atoms with Crippen LogP contribution in [0.25, 0.3) is 0 Å². The third-order valence-electron chi connectivity index (χ3n) is 8.82. The number of nitrogens with zero attached hydrogens (tertiary/aromatic N) is 1. The Labute approximate surface area is 281 Å². The molecule has 5 amide bonds. The van der Waals surface area contributed by atoms with E-state index in [0.29, 0.717) is 35.3 Å². The fourth-order valence-electron chi connectivity index (χ4n) is 6.02. The van der Waals surface area contributed by atoms with E-state index >= 15 is 0 Å². The van der Waals surface area contributed by atoms with Gasteiger partial charge < -0.3 is 30.9 Å². The summed E-state index contributed by atoms with van der Waals surface area (Å²) in [4.78, 5) is 82.4. The molecule has 0 saturated carbocycles. The van der Waals surface area contributed by atoms with Crippen LogP contribution in [0.2, 0.25) is 0 Å². The molecule has 0 bridgehead atoms. The number of amides is 5. The Hall–Kier alpha value is -4.74. The molecule has 1 fully saturated rings. The fraction of sp³-hybridized carbons (Fsp3) is 0.500. The van der Waals surface area contributed by atoms with Gasteiger partial charge in [0.05, 0.1) is 13.7 Å². The number of benzene rings is 2. The molecule has 0 aromatic heterocycles. The maximum absolute atomic E-state index is 14.1. The monoisotopic (exact) mass is 661 g/mol. The third kappa shape index (κ3) is 8.99. The van der Waals surface area contributed by atoms with Crippen LogP contribution >= 0.6 is 0 Å². The van der Waals surface area contributed by atoms with Gasteiger partial charge in [-0.2, -0.15) is 0 Å². The third-order valence-corrected chi connectivity index (χ3v) is 8.82. The molecule has 48 heavy (non-hydrogen) atoms. The van der Waals surface area contributed by atoms with Gasteiger partial charge in [0.25, 0.3) is 5.91 Å². The highest BCUT2D eigenvalue weighted by Crippen LogP contribution is 2.26. The van der Waals surface area contributed by atoms with Crippen molar-refractivity contribution in [3.05, 3.63) is 64.7 Å². The summed E-state index contributed by atoms with van der Waals surface area (Å²) in [5.41, 5.74) is 2.22. The largest absolute Gasteiger partial charge is 0.497 e. The molecule has 1 saturated heterocycles. The average molecular weight is 662 g/mol. The summed E-state index contributed by atoms with van der Waals surface area (Å²) >= 11 is 0. The van der Waals surface area contributed by atoms with Crippen molar-refractivity contribution in [2.45, 2.75) is 84.5 Å². The van der Waals surface area contributed by atoms with E-state index in [-0.39, 0.29) is 43.6 Å². The number of methoxy groups -OCH3 is 1. The van der Waals surface area contributed by atoms with Gasteiger partial charge in [0, 0.05) is 36.6 Å². The minimum atomic E-state index is -1.06. The average Bonchev–Trinajstić information content (AvgIpc) is 3.43. The lowest BCUT2D eigenvalue weighted by Gasteiger charge is -2.31. The van der Waals surface area contributed by atoms with Crippen molar-refractivity contribution >= 4 is 35.3 Å². The Kier molecular flexibility index (Phi) is 12.0. The first kappa shape index (κ1) is 36.1. The Morgan fingerprint density at radius 2 is 1.54 bits per heavy atom. The number of fused-ring (bicyclic) bond motifs is 1. The standard InChI is InChI=1S/C36H47N5O7/c1-20(2)16-28-35(46)39-29(17-23-10-12-24(48-6)13-11-23)34(45)37-22(5)33(44)40-30(21(3)4)18-41(19-32(43)38-28)36(47)27-9-7-8-26-25(27)14-15-31(26)42/h7-13,20-22,28-30H,14-19H2,1-6H3,(H,37,45)(H,38,43)(H,39,46)(H,40,44)/t22-,28+,29+,30-/m1/s1. The number of nitrogens with one attached hydrogen (secondary N) is 4. The highest BCUT2D eigenvalue weighted by molar-refractivity contribution is 6.06. The molecule has 4 N–H and O–H groups in total. The quantitative estimate of drug-likeness (QED) is 0.354. The summed E-state index contributed by atoms with van der Waals surface area (Å²) in [5, 5.41) is 11.3. The molecule has 0 spiro atoms.